The van der Waals surface area contributed by atoms with Crippen molar-refractivity contribution in [3.63, 3.8) is 0 Å². The van der Waals surface area contributed by atoms with E-state index in [4.69, 9.17) is 9.47 Å². The first kappa shape index (κ1) is 20.1. The number of carbonyl (C=O) groups excluding carboxylic acids is 1. The molecule has 156 valence electrons. The van der Waals surface area contributed by atoms with Gasteiger partial charge in [0, 0.05) is 17.2 Å². The summed E-state index contributed by atoms with van der Waals surface area (Å²) < 4.78 is 11.2. The van der Waals surface area contributed by atoms with Crippen LogP contribution in [0, 0.1) is 6.92 Å². The molecule has 0 bridgehead atoms. The fourth-order valence-electron chi connectivity index (χ4n) is 4.88. The predicted octanol–water partition coefficient (Wildman–Crippen LogP) is 5.00. The molecule has 3 aromatic carbocycles. The van der Waals surface area contributed by atoms with Gasteiger partial charge in [-0.3, -0.25) is 4.79 Å². The van der Waals surface area contributed by atoms with Crippen LogP contribution in [0.1, 0.15) is 36.6 Å². The number of phenols is 1. The highest BCUT2D eigenvalue weighted by Crippen LogP contribution is 2.48. The van der Waals surface area contributed by atoms with E-state index < -0.39 is 0 Å². The zero-order valence-corrected chi connectivity index (χ0v) is 18.0. The smallest absolute Gasteiger partial charge is 0.210 e. The number of aromatic hydroxyl groups is 1. The molecule has 30 heavy (non-hydrogen) atoms. The summed E-state index contributed by atoms with van der Waals surface area (Å²) in [6.45, 7) is 6.01. The van der Waals surface area contributed by atoms with Gasteiger partial charge in [0.05, 0.1) is 25.6 Å². The van der Waals surface area contributed by atoms with Crippen LogP contribution in [-0.4, -0.2) is 36.7 Å². The minimum atomic E-state index is -0.194. The van der Waals surface area contributed by atoms with E-state index in [0.717, 1.165) is 62.9 Å². The second-order valence-corrected chi connectivity index (χ2v) is 7.97. The second-order valence-electron chi connectivity index (χ2n) is 7.97. The number of hydrogen-bond donors (Lipinski definition) is 1. The molecule has 0 unspecified atom stereocenters. The Morgan fingerprint density at radius 2 is 1.83 bits per heavy atom. The van der Waals surface area contributed by atoms with Crippen molar-refractivity contribution in [1.29, 1.82) is 0 Å². The molecule has 1 heterocycles. The number of rotatable bonds is 4. The summed E-state index contributed by atoms with van der Waals surface area (Å²) >= 11 is 0. The Kier molecular flexibility index (Phi) is 5.06. The van der Waals surface area contributed by atoms with Gasteiger partial charge in [-0.2, -0.15) is 0 Å². The lowest BCUT2D eigenvalue weighted by Crippen LogP contribution is -2.40. The van der Waals surface area contributed by atoms with Crippen LogP contribution in [-0.2, 0) is 11.2 Å². The van der Waals surface area contributed by atoms with Crippen LogP contribution in [0.4, 0.5) is 0 Å². The number of aryl methyl sites for hydroxylation is 1. The molecule has 0 aromatic heterocycles. The number of amides is 1. The number of phenolic OH excluding ortho intramolecular Hbond substituents is 1. The van der Waals surface area contributed by atoms with Gasteiger partial charge < -0.3 is 19.5 Å². The Labute approximate surface area is 176 Å². The maximum absolute atomic E-state index is 11.6. The Balaban J connectivity index is 2.02. The number of hydrogen-bond acceptors (Lipinski definition) is 4. The van der Waals surface area contributed by atoms with Gasteiger partial charge in [-0.05, 0) is 61.4 Å². The van der Waals surface area contributed by atoms with E-state index >= 15 is 0 Å². The van der Waals surface area contributed by atoms with Gasteiger partial charge in [0.25, 0.3) is 0 Å². The molecule has 4 rings (SSSR count). The highest BCUT2D eigenvalue weighted by Gasteiger charge is 2.32. The molecular weight excluding hydrogens is 378 g/mol. The first-order valence-corrected chi connectivity index (χ1v) is 10.1. The van der Waals surface area contributed by atoms with Crippen LogP contribution in [0.25, 0.3) is 21.9 Å². The predicted molar refractivity (Wildman–Crippen MR) is 118 cm³/mol. The zero-order chi connectivity index (χ0) is 21.6. The first-order chi connectivity index (χ1) is 14.4. The van der Waals surface area contributed by atoms with Gasteiger partial charge in [-0.1, -0.05) is 24.3 Å². The van der Waals surface area contributed by atoms with Crippen LogP contribution in [0.3, 0.4) is 0 Å². The van der Waals surface area contributed by atoms with E-state index in [1.54, 1.807) is 19.1 Å². The molecule has 0 saturated heterocycles. The summed E-state index contributed by atoms with van der Waals surface area (Å²) in [6, 6.07) is 11.8. The highest BCUT2D eigenvalue weighted by molar-refractivity contribution is 6.05. The van der Waals surface area contributed by atoms with Gasteiger partial charge >= 0.3 is 0 Å². The lowest BCUT2D eigenvalue weighted by Gasteiger charge is -2.38. The number of benzene rings is 3. The fourth-order valence-corrected chi connectivity index (χ4v) is 4.88. The quantitative estimate of drug-likeness (QED) is 0.621. The largest absolute Gasteiger partial charge is 0.507 e. The van der Waals surface area contributed by atoms with Crippen molar-refractivity contribution < 1.29 is 19.4 Å². The third kappa shape index (κ3) is 2.88. The minimum Gasteiger partial charge on any atom is -0.507 e. The molecule has 0 radical (unpaired) electrons. The second kappa shape index (κ2) is 7.56. The van der Waals surface area contributed by atoms with Gasteiger partial charge in [0.2, 0.25) is 6.41 Å². The van der Waals surface area contributed by atoms with E-state index in [1.165, 1.54) is 0 Å². The number of nitrogens with zero attached hydrogens (tertiary/aromatic N) is 1. The zero-order valence-electron chi connectivity index (χ0n) is 18.0. The van der Waals surface area contributed by atoms with Crippen molar-refractivity contribution in [2.45, 2.75) is 39.3 Å². The third-order valence-electron chi connectivity index (χ3n) is 6.31. The van der Waals surface area contributed by atoms with Crippen molar-refractivity contribution >= 4 is 17.2 Å². The van der Waals surface area contributed by atoms with Crippen LogP contribution in [0.5, 0.6) is 17.2 Å². The molecule has 5 heteroatoms. The minimum absolute atomic E-state index is 0.100. The molecule has 0 saturated carbocycles. The SMILES string of the molecule is COc1cccc2c(-c3ccc4c(c3O)[C@@H](C)N(C=O)[C@H](C)C4)c(C)cc(OC)c12. The van der Waals surface area contributed by atoms with Gasteiger partial charge in [-0.15, -0.1) is 0 Å². The maximum atomic E-state index is 11.6. The summed E-state index contributed by atoms with van der Waals surface area (Å²) in [7, 11) is 3.29. The average Bonchev–Trinajstić information content (AvgIpc) is 2.73. The Morgan fingerprint density at radius 3 is 2.50 bits per heavy atom. The standard InChI is InChI=1S/C25H27NO4/c1-14-11-21(30-5)24-18(7-6-8-20(24)29-4)22(14)19-10-9-17-12-15(2)26(13-27)16(3)23(17)25(19)28/h6-11,13,15-16,28H,12H2,1-5H3/t15-,16-/m1/s1. The topological polar surface area (TPSA) is 59.0 Å². The molecule has 1 aliphatic rings. The highest BCUT2D eigenvalue weighted by atomic mass is 16.5. The summed E-state index contributed by atoms with van der Waals surface area (Å²) in [4.78, 5) is 13.4. The summed E-state index contributed by atoms with van der Waals surface area (Å²) in [5, 5.41) is 13.2. The molecule has 1 N–H and O–H groups in total. The van der Waals surface area contributed by atoms with Crippen LogP contribution < -0.4 is 9.47 Å². The number of fused-ring (bicyclic) bond motifs is 2. The van der Waals surface area contributed by atoms with E-state index in [2.05, 4.69) is 6.07 Å². The maximum Gasteiger partial charge on any atom is 0.210 e. The monoisotopic (exact) mass is 405 g/mol. The number of carbonyl (C=O) groups is 1. The summed E-state index contributed by atoms with van der Waals surface area (Å²) in [5.41, 5.74) is 4.59. The number of ether oxygens (including phenoxy) is 2. The molecule has 0 spiro atoms. The molecule has 1 aliphatic heterocycles. The van der Waals surface area contributed by atoms with Crippen molar-refractivity contribution in [3.05, 3.63) is 53.1 Å². The van der Waals surface area contributed by atoms with Crippen LogP contribution in [0.2, 0.25) is 0 Å². The Hall–Kier alpha value is -3.21. The lowest BCUT2D eigenvalue weighted by atomic mass is 9.84. The van der Waals surface area contributed by atoms with E-state index in [0.29, 0.717) is 0 Å². The first-order valence-electron chi connectivity index (χ1n) is 10.1. The Bertz CT molecular complexity index is 1140. The molecular formula is C25H27NO4. The van der Waals surface area contributed by atoms with Crippen LogP contribution in [0.15, 0.2) is 36.4 Å². The summed E-state index contributed by atoms with van der Waals surface area (Å²) in [6.07, 6.45) is 1.60. The normalized spacial score (nSPS) is 18.2. The van der Waals surface area contributed by atoms with Crippen molar-refractivity contribution in [1.82, 2.24) is 4.90 Å². The number of methoxy groups -OCH3 is 2. The molecule has 1 amide bonds. The van der Waals surface area contributed by atoms with Gasteiger partial charge in [0.1, 0.15) is 17.2 Å². The molecule has 0 aliphatic carbocycles. The lowest BCUT2D eigenvalue weighted by molar-refractivity contribution is -0.122. The Morgan fingerprint density at radius 1 is 1.10 bits per heavy atom. The van der Waals surface area contributed by atoms with E-state index in [-0.39, 0.29) is 17.8 Å². The molecule has 3 aromatic rings. The van der Waals surface area contributed by atoms with Gasteiger partial charge in [-0.25, -0.2) is 0 Å². The van der Waals surface area contributed by atoms with Crippen LogP contribution >= 0.6 is 0 Å². The van der Waals surface area contributed by atoms with E-state index in [9.17, 15) is 9.90 Å². The van der Waals surface area contributed by atoms with Crippen molar-refractivity contribution in [2.24, 2.45) is 0 Å². The third-order valence-corrected chi connectivity index (χ3v) is 6.31. The van der Waals surface area contributed by atoms with Gasteiger partial charge in [0.15, 0.2) is 0 Å². The molecule has 2 atom stereocenters. The van der Waals surface area contributed by atoms with Crippen molar-refractivity contribution in [2.75, 3.05) is 14.2 Å². The summed E-state index contributed by atoms with van der Waals surface area (Å²) in [5.74, 6) is 1.68. The molecule has 5 nitrogen and oxygen atoms in total. The van der Waals surface area contributed by atoms with Crippen molar-refractivity contribution in [3.8, 4) is 28.4 Å². The van der Waals surface area contributed by atoms with E-state index in [1.807, 2.05) is 51.1 Å². The fraction of sp³-hybridized carbons (Fsp3) is 0.320. The average molecular weight is 405 g/mol. The molecule has 0 fully saturated rings.